The van der Waals surface area contributed by atoms with Crippen LogP contribution in [0.15, 0.2) is 18.2 Å². The van der Waals surface area contributed by atoms with Gasteiger partial charge in [0.2, 0.25) is 0 Å². The number of nitrogen functional groups attached to an aromatic ring is 1. The molecule has 1 aromatic carbocycles. The van der Waals surface area contributed by atoms with E-state index in [1.54, 1.807) is 18.2 Å². The Morgan fingerprint density at radius 1 is 1.35 bits per heavy atom. The Hall–Kier alpha value is -1.71. The molecule has 0 bridgehead atoms. The molecular weight excluding hydrogens is 252 g/mol. The zero-order chi connectivity index (χ0) is 14.9. The van der Waals surface area contributed by atoms with Gasteiger partial charge in [-0.3, -0.25) is 4.79 Å². The van der Waals surface area contributed by atoms with Crippen molar-refractivity contribution in [3.8, 4) is 5.75 Å². The molecule has 1 saturated carbocycles. The number of benzene rings is 1. The van der Waals surface area contributed by atoms with Crippen molar-refractivity contribution < 1.29 is 9.53 Å². The third-order valence-corrected chi connectivity index (χ3v) is 3.94. The summed E-state index contributed by atoms with van der Waals surface area (Å²) in [6.07, 6.45) is 3.22. The standard InChI is InChI=1S/C16H24N2O2/c1-10-7-11(9-16(2,3)8-10)20-14-12(15(18)19)5-4-6-13(14)17/h4-6,10-11H,7-9,17H2,1-3H3,(H2,18,19). The van der Waals surface area contributed by atoms with Gasteiger partial charge in [0.05, 0.1) is 17.4 Å². The molecule has 1 aliphatic carbocycles. The van der Waals surface area contributed by atoms with Crippen molar-refractivity contribution >= 4 is 11.6 Å². The quantitative estimate of drug-likeness (QED) is 0.833. The fourth-order valence-corrected chi connectivity index (χ4v) is 3.40. The molecule has 1 aromatic rings. The number of primary amides is 1. The Morgan fingerprint density at radius 3 is 2.65 bits per heavy atom. The summed E-state index contributed by atoms with van der Waals surface area (Å²) in [6.45, 7) is 6.74. The van der Waals surface area contributed by atoms with Gasteiger partial charge in [-0.2, -0.15) is 0 Å². The van der Waals surface area contributed by atoms with Crippen LogP contribution in [0.3, 0.4) is 0 Å². The maximum atomic E-state index is 11.5. The third-order valence-electron chi connectivity index (χ3n) is 3.94. The van der Waals surface area contributed by atoms with E-state index in [1.807, 2.05) is 0 Å². The van der Waals surface area contributed by atoms with Gasteiger partial charge < -0.3 is 16.2 Å². The van der Waals surface area contributed by atoms with Gasteiger partial charge >= 0.3 is 0 Å². The van der Waals surface area contributed by atoms with Gasteiger partial charge in [0, 0.05) is 0 Å². The van der Waals surface area contributed by atoms with Gasteiger partial charge in [-0.1, -0.05) is 26.8 Å². The largest absolute Gasteiger partial charge is 0.487 e. The summed E-state index contributed by atoms with van der Waals surface area (Å²) >= 11 is 0. The van der Waals surface area contributed by atoms with Gasteiger partial charge in [-0.25, -0.2) is 0 Å². The van der Waals surface area contributed by atoms with E-state index in [4.69, 9.17) is 16.2 Å². The van der Waals surface area contributed by atoms with Crippen LogP contribution in [-0.2, 0) is 0 Å². The zero-order valence-electron chi connectivity index (χ0n) is 12.5. The van der Waals surface area contributed by atoms with Gasteiger partial charge in [-0.15, -0.1) is 0 Å². The Kier molecular flexibility index (Phi) is 3.93. The van der Waals surface area contributed by atoms with Gasteiger partial charge in [0.1, 0.15) is 0 Å². The highest BCUT2D eigenvalue weighted by molar-refractivity contribution is 5.97. The minimum Gasteiger partial charge on any atom is -0.487 e. The Labute approximate surface area is 120 Å². The number of carbonyl (C=O) groups excluding carboxylic acids is 1. The molecule has 2 atom stereocenters. The normalized spacial score (nSPS) is 25.1. The summed E-state index contributed by atoms with van der Waals surface area (Å²) in [6, 6.07) is 5.11. The minimum atomic E-state index is -0.504. The summed E-state index contributed by atoms with van der Waals surface area (Å²) < 4.78 is 6.06. The predicted octanol–water partition coefficient (Wildman–Crippen LogP) is 2.96. The number of hydrogen-bond acceptors (Lipinski definition) is 3. The van der Waals surface area contributed by atoms with Gasteiger partial charge in [-0.05, 0) is 42.7 Å². The second kappa shape index (κ2) is 5.35. The molecule has 1 fully saturated rings. The zero-order valence-corrected chi connectivity index (χ0v) is 12.5. The van der Waals surface area contributed by atoms with Crippen LogP contribution in [-0.4, -0.2) is 12.0 Å². The molecule has 2 unspecified atom stereocenters. The first kappa shape index (κ1) is 14.7. The number of carbonyl (C=O) groups is 1. The average molecular weight is 276 g/mol. The molecule has 0 radical (unpaired) electrons. The van der Waals surface area contributed by atoms with E-state index >= 15 is 0 Å². The maximum Gasteiger partial charge on any atom is 0.252 e. The molecule has 4 N–H and O–H groups in total. The Balaban J connectivity index is 2.24. The second-order valence-corrected chi connectivity index (χ2v) is 6.74. The lowest BCUT2D eigenvalue weighted by Gasteiger charge is -2.39. The molecule has 4 heteroatoms. The summed E-state index contributed by atoms with van der Waals surface area (Å²) in [5.74, 6) is 0.538. The predicted molar refractivity (Wildman–Crippen MR) is 80.6 cm³/mol. The van der Waals surface area contributed by atoms with E-state index in [9.17, 15) is 4.79 Å². The van der Waals surface area contributed by atoms with E-state index in [0.29, 0.717) is 22.9 Å². The first-order valence-electron chi connectivity index (χ1n) is 7.13. The van der Waals surface area contributed by atoms with Crippen molar-refractivity contribution in [2.75, 3.05) is 5.73 Å². The molecule has 2 rings (SSSR count). The molecule has 0 spiro atoms. The van der Waals surface area contributed by atoms with Crippen LogP contribution in [0.5, 0.6) is 5.75 Å². The topological polar surface area (TPSA) is 78.3 Å². The van der Waals surface area contributed by atoms with Crippen molar-refractivity contribution in [2.45, 2.75) is 46.1 Å². The smallest absolute Gasteiger partial charge is 0.252 e. The van der Waals surface area contributed by atoms with Crippen LogP contribution in [0, 0.1) is 11.3 Å². The molecule has 0 aliphatic heterocycles. The minimum absolute atomic E-state index is 0.0801. The fourth-order valence-electron chi connectivity index (χ4n) is 3.40. The maximum absolute atomic E-state index is 11.5. The lowest BCUT2D eigenvalue weighted by Crippen LogP contribution is -2.34. The highest BCUT2D eigenvalue weighted by Crippen LogP contribution is 2.41. The van der Waals surface area contributed by atoms with E-state index in [-0.39, 0.29) is 11.5 Å². The number of amides is 1. The summed E-state index contributed by atoms with van der Waals surface area (Å²) in [5, 5.41) is 0. The van der Waals surface area contributed by atoms with Crippen LogP contribution in [0.4, 0.5) is 5.69 Å². The number of rotatable bonds is 3. The van der Waals surface area contributed by atoms with Crippen molar-refractivity contribution in [2.24, 2.45) is 17.1 Å². The summed E-state index contributed by atoms with van der Waals surface area (Å²) in [4.78, 5) is 11.5. The van der Waals surface area contributed by atoms with Crippen molar-refractivity contribution in [1.82, 2.24) is 0 Å². The van der Waals surface area contributed by atoms with Crippen LogP contribution >= 0.6 is 0 Å². The van der Waals surface area contributed by atoms with Crippen molar-refractivity contribution in [3.05, 3.63) is 23.8 Å². The SMILES string of the molecule is CC1CC(Oc2c(N)cccc2C(N)=O)CC(C)(C)C1. The van der Waals surface area contributed by atoms with E-state index in [0.717, 1.165) is 12.8 Å². The van der Waals surface area contributed by atoms with Crippen LogP contribution in [0.1, 0.15) is 50.4 Å². The molecule has 0 aromatic heterocycles. The molecule has 0 saturated heterocycles. The molecule has 1 amide bonds. The highest BCUT2D eigenvalue weighted by atomic mass is 16.5. The first-order chi connectivity index (χ1) is 9.28. The second-order valence-electron chi connectivity index (χ2n) is 6.74. The number of nitrogens with two attached hydrogens (primary N) is 2. The number of ether oxygens (including phenoxy) is 1. The van der Waals surface area contributed by atoms with E-state index in [2.05, 4.69) is 20.8 Å². The van der Waals surface area contributed by atoms with Crippen molar-refractivity contribution in [1.29, 1.82) is 0 Å². The number of hydrogen-bond donors (Lipinski definition) is 2. The third kappa shape index (κ3) is 3.24. The Morgan fingerprint density at radius 2 is 2.05 bits per heavy atom. The highest BCUT2D eigenvalue weighted by Gasteiger charge is 2.33. The Bertz CT molecular complexity index is 511. The monoisotopic (exact) mass is 276 g/mol. The van der Waals surface area contributed by atoms with Crippen LogP contribution < -0.4 is 16.2 Å². The summed E-state index contributed by atoms with van der Waals surface area (Å²) in [7, 11) is 0. The molecule has 110 valence electrons. The average Bonchev–Trinajstić information content (AvgIpc) is 2.28. The van der Waals surface area contributed by atoms with Crippen LogP contribution in [0.25, 0.3) is 0 Å². The first-order valence-corrected chi connectivity index (χ1v) is 7.13. The molecule has 4 nitrogen and oxygen atoms in total. The molecule has 1 aliphatic rings. The number of anilines is 1. The number of para-hydroxylation sites is 1. The molecular formula is C16H24N2O2. The van der Waals surface area contributed by atoms with E-state index in [1.165, 1.54) is 6.42 Å². The lowest BCUT2D eigenvalue weighted by atomic mass is 9.71. The van der Waals surface area contributed by atoms with Gasteiger partial charge in [0.15, 0.2) is 5.75 Å². The van der Waals surface area contributed by atoms with E-state index < -0.39 is 5.91 Å². The van der Waals surface area contributed by atoms with Crippen LogP contribution in [0.2, 0.25) is 0 Å². The summed E-state index contributed by atoms with van der Waals surface area (Å²) in [5.41, 5.74) is 12.4. The lowest BCUT2D eigenvalue weighted by molar-refractivity contribution is 0.0559. The molecule has 20 heavy (non-hydrogen) atoms. The molecule has 0 heterocycles. The van der Waals surface area contributed by atoms with Gasteiger partial charge in [0.25, 0.3) is 5.91 Å². The van der Waals surface area contributed by atoms with Crippen molar-refractivity contribution in [3.63, 3.8) is 0 Å². The fraction of sp³-hybridized carbons (Fsp3) is 0.562.